The van der Waals surface area contributed by atoms with Crippen molar-refractivity contribution in [1.82, 2.24) is 0 Å². The average Bonchev–Trinajstić information content (AvgIpc) is 2.77. The van der Waals surface area contributed by atoms with Crippen molar-refractivity contribution in [2.45, 2.75) is 56.8 Å². The lowest BCUT2D eigenvalue weighted by atomic mass is 9.48. The third-order valence-electron chi connectivity index (χ3n) is 8.07. The largest absolute Gasteiger partial charge is 0.486 e. The van der Waals surface area contributed by atoms with Gasteiger partial charge in [0.2, 0.25) is 5.91 Å². The van der Waals surface area contributed by atoms with Gasteiger partial charge in [0.15, 0.2) is 11.5 Å². The van der Waals surface area contributed by atoms with E-state index in [2.05, 4.69) is 29.6 Å². The number of anilines is 1. The lowest BCUT2D eigenvalue weighted by Crippen LogP contribution is -2.48. The molecule has 0 aromatic heterocycles. The SMILES string of the molecule is O=C(CCc1ccc2c(c1)OCCO2)Nc1ccc(C23CC4CC(CC(C4)C2)C3)cc1. The van der Waals surface area contributed by atoms with Gasteiger partial charge in [0.25, 0.3) is 0 Å². The minimum absolute atomic E-state index is 0.0532. The Morgan fingerprint density at radius 1 is 0.871 bits per heavy atom. The molecule has 4 saturated carbocycles. The Balaban J connectivity index is 1.07. The summed E-state index contributed by atoms with van der Waals surface area (Å²) < 4.78 is 11.2. The molecule has 162 valence electrons. The van der Waals surface area contributed by atoms with E-state index in [1.165, 1.54) is 44.1 Å². The van der Waals surface area contributed by atoms with Crippen LogP contribution in [0.3, 0.4) is 0 Å². The monoisotopic (exact) mass is 417 g/mol. The number of fused-ring (bicyclic) bond motifs is 1. The van der Waals surface area contributed by atoms with Crippen LogP contribution in [0.4, 0.5) is 5.69 Å². The topological polar surface area (TPSA) is 47.6 Å². The van der Waals surface area contributed by atoms with E-state index in [1.54, 1.807) is 0 Å². The smallest absolute Gasteiger partial charge is 0.224 e. The fourth-order valence-corrected chi connectivity index (χ4v) is 7.10. The molecule has 7 rings (SSSR count). The van der Waals surface area contributed by atoms with Crippen LogP contribution in [0.1, 0.15) is 56.1 Å². The fourth-order valence-electron chi connectivity index (χ4n) is 7.10. The van der Waals surface area contributed by atoms with Crippen LogP contribution in [0.25, 0.3) is 0 Å². The van der Waals surface area contributed by atoms with E-state index in [4.69, 9.17) is 9.47 Å². The second kappa shape index (κ2) is 7.58. The van der Waals surface area contributed by atoms with Gasteiger partial charge in [0, 0.05) is 12.1 Å². The molecule has 0 saturated heterocycles. The maximum absolute atomic E-state index is 12.5. The van der Waals surface area contributed by atoms with E-state index in [0.717, 1.165) is 40.5 Å². The van der Waals surface area contributed by atoms with Gasteiger partial charge in [-0.05, 0) is 104 Å². The van der Waals surface area contributed by atoms with E-state index < -0.39 is 0 Å². The molecule has 1 aliphatic heterocycles. The Bertz CT molecular complexity index is 945. The van der Waals surface area contributed by atoms with Gasteiger partial charge in [-0.1, -0.05) is 18.2 Å². The van der Waals surface area contributed by atoms with Crippen LogP contribution in [0.2, 0.25) is 0 Å². The molecular formula is C27H31NO3. The minimum atomic E-state index is 0.0532. The molecule has 0 radical (unpaired) electrons. The van der Waals surface area contributed by atoms with Gasteiger partial charge in [-0.15, -0.1) is 0 Å². The third kappa shape index (κ3) is 3.71. The third-order valence-corrected chi connectivity index (χ3v) is 8.07. The number of nitrogens with one attached hydrogen (secondary N) is 1. The number of carbonyl (C=O) groups is 1. The van der Waals surface area contributed by atoms with Gasteiger partial charge in [0.1, 0.15) is 13.2 Å². The summed E-state index contributed by atoms with van der Waals surface area (Å²) in [4.78, 5) is 12.5. The Morgan fingerprint density at radius 3 is 2.19 bits per heavy atom. The zero-order chi connectivity index (χ0) is 20.8. The molecule has 2 aromatic carbocycles. The molecule has 4 nitrogen and oxygen atoms in total. The highest BCUT2D eigenvalue weighted by atomic mass is 16.6. The first-order valence-corrected chi connectivity index (χ1v) is 11.9. The Labute approximate surface area is 184 Å². The summed E-state index contributed by atoms with van der Waals surface area (Å²) in [5.41, 5.74) is 3.91. The summed E-state index contributed by atoms with van der Waals surface area (Å²) in [6, 6.07) is 14.7. The van der Waals surface area contributed by atoms with E-state index in [0.29, 0.717) is 31.5 Å². The molecule has 4 aliphatic carbocycles. The highest BCUT2D eigenvalue weighted by Crippen LogP contribution is 2.60. The lowest BCUT2D eigenvalue weighted by Gasteiger charge is -2.57. The van der Waals surface area contributed by atoms with Gasteiger partial charge in [-0.25, -0.2) is 0 Å². The summed E-state index contributed by atoms with van der Waals surface area (Å²) in [7, 11) is 0. The first-order chi connectivity index (χ1) is 15.1. The van der Waals surface area contributed by atoms with Gasteiger partial charge < -0.3 is 14.8 Å². The molecule has 1 N–H and O–H groups in total. The molecule has 2 aromatic rings. The molecule has 4 fully saturated rings. The molecule has 4 bridgehead atoms. The maximum Gasteiger partial charge on any atom is 0.224 e. The summed E-state index contributed by atoms with van der Waals surface area (Å²) in [5.74, 6) is 4.48. The van der Waals surface area contributed by atoms with Crippen LogP contribution in [0, 0.1) is 17.8 Å². The van der Waals surface area contributed by atoms with Crippen LogP contribution in [-0.2, 0) is 16.6 Å². The normalized spacial score (nSPS) is 30.3. The van der Waals surface area contributed by atoms with Crippen molar-refractivity contribution in [1.29, 1.82) is 0 Å². The highest BCUT2D eigenvalue weighted by molar-refractivity contribution is 5.90. The second-order valence-electron chi connectivity index (χ2n) is 10.3. The van der Waals surface area contributed by atoms with Crippen molar-refractivity contribution in [3.63, 3.8) is 0 Å². The maximum atomic E-state index is 12.5. The summed E-state index contributed by atoms with van der Waals surface area (Å²) in [6.07, 6.45) is 9.68. The molecule has 0 atom stereocenters. The quantitative estimate of drug-likeness (QED) is 0.699. The van der Waals surface area contributed by atoms with Crippen LogP contribution in [-0.4, -0.2) is 19.1 Å². The summed E-state index contributed by atoms with van der Waals surface area (Å²) >= 11 is 0. The molecule has 5 aliphatic rings. The molecule has 4 heteroatoms. The predicted octanol–water partition coefficient (Wildman–Crippen LogP) is 5.50. The Kier molecular flexibility index (Phi) is 4.70. The number of hydrogen-bond donors (Lipinski definition) is 1. The number of ether oxygens (including phenoxy) is 2. The van der Waals surface area contributed by atoms with E-state index >= 15 is 0 Å². The van der Waals surface area contributed by atoms with Crippen LogP contribution >= 0.6 is 0 Å². The molecule has 0 spiro atoms. The van der Waals surface area contributed by atoms with Gasteiger partial charge in [-0.3, -0.25) is 4.79 Å². The predicted molar refractivity (Wildman–Crippen MR) is 121 cm³/mol. The second-order valence-corrected chi connectivity index (χ2v) is 10.3. The fraction of sp³-hybridized carbons (Fsp3) is 0.519. The summed E-state index contributed by atoms with van der Waals surface area (Å²) in [6.45, 7) is 1.17. The molecule has 31 heavy (non-hydrogen) atoms. The van der Waals surface area contributed by atoms with Crippen molar-refractivity contribution < 1.29 is 14.3 Å². The Morgan fingerprint density at radius 2 is 1.52 bits per heavy atom. The zero-order valence-electron chi connectivity index (χ0n) is 18.1. The van der Waals surface area contributed by atoms with Crippen LogP contribution in [0.5, 0.6) is 11.5 Å². The number of aryl methyl sites for hydroxylation is 1. The summed E-state index contributed by atoms with van der Waals surface area (Å²) in [5, 5.41) is 3.08. The first kappa shape index (κ1) is 19.2. The first-order valence-electron chi connectivity index (χ1n) is 11.9. The van der Waals surface area contributed by atoms with Crippen molar-refractivity contribution in [3.8, 4) is 11.5 Å². The van der Waals surface area contributed by atoms with Gasteiger partial charge in [0.05, 0.1) is 0 Å². The molecule has 1 amide bonds. The standard InChI is InChI=1S/C27H31NO3/c29-26(8-2-18-1-7-24-25(14-18)31-10-9-30-24)28-23-5-3-22(4-6-23)27-15-19-11-20(16-27)13-21(12-19)17-27/h1,3-7,14,19-21H,2,8-13,15-17H2,(H,28,29). The number of hydrogen-bond acceptors (Lipinski definition) is 3. The van der Waals surface area contributed by atoms with Gasteiger partial charge >= 0.3 is 0 Å². The molecular weight excluding hydrogens is 386 g/mol. The van der Waals surface area contributed by atoms with Crippen molar-refractivity contribution >= 4 is 11.6 Å². The van der Waals surface area contributed by atoms with Crippen LogP contribution in [0.15, 0.2) is 42.5 Å². The Hall–Kier alpha value is -2.49. The number of amides is 1. The average molecular weight is 418 g/mol. The van der Waals surface area contributed by atoms with Crippen molar-refractivity contribution in [2.75, 3.05) is 18.5 Å². The number of carbonyl (C=O) groups excluding carboxylic acids is 1. The molecule has 1 heterocycles. The minimum Gasteiger partial charge on any atom is -0.486 e. The number of rotatable bonds is 5. The van der Waals surface area contributed by atoms with Crippen molar-refractivity contribution in [2.24, 2.45) is 17.8 Å². The van der Waals surface area contributed by atoms with Crippen molar-refractivity contribution in [3.05, 3.63) is 53.6 Å². The highest BCUT2D eigenvalue weighted by Gasteiger charge is 2.51. The number of benzene rings is 2. The zero-order valence-corrected chi connectivity index (χ0v) is 18.1. The van der Waals surface area contributed by atoms with Crippen LogP contribution < -0.4 is 14.8 Å². The van der Waals surface area contributed by atoms with E-state index in [-0.39, 0.29) is 5.91 Å². The molecule has 0 unspecified atom stereocenters. The lowest BCUT2D eigenvalue weighted by molar-refractivity contribution is -0.116. The van der Waals surface area contributed by atoms with E-state index in [9.17, 15) is 4.79 Å². The van der Waals surface area contributed by atoms with Gasteiger partial charge in [-0.2, -0.15) is 0 Å². The van der Waals surface area contributed by atoms with E-state index in [1.807, 2.05) is 18.2 Å².